The second-order valence-electron chi connectivity index (χ2n) is 5.91. The fourth-order valence-corrected chi connectivity index (χ4v) is 2.80. The summed E-state index contributed by atoms with van der Waals surface area (Å²) >= 11 is 0. The van der Waals surface area contributed by atoms with Gasteiger partial charge in [-0.1, -0.05) is 30.7 Å². The van der Waals surface area contributed by atoms with E-state index in [1.54, 1.807) is 0 Å². The maximum Gasteiger partial charge on any atom is 0.226 e. The summed E-state index contributed by atoms with van der Waals surface area (Å²) in [6.45, 7) is 3.54. The molecule has 0 unspecified atom stereocenters. The SMILES string of the molecule is Cc1ccccc1CC(=O)N(C)CC1(CN)CCC1. The van der Waals surface area contributed by atoms with Crippen molar-refractivity contribution < 1.29 is 4.79 Å². The number of nitrogens with zero attached hydrogens (tertiary/aromatic N) is 1. The molecule has 2 rings (SSSR count). The van der Waals surface area contributed by atoms with Crippen LogP contribution in [0.2, 0.25) is 0 Å². The van der Waals surface area contributed by atoms with Gasteiger partial charge >= 0.3 is 0 Å². The van der Waals surface area contributed by atoms with Crippen LogP contribution in [-0.2, 0) is 11.2 Å². The molecule has 3 nitrogen and oxygen atoms in total. The normalized spacial score (nSPS) is 16.8. The minimum Gasteiger partial charge on any atom is -0.345 e. The van der Waals surface area contributed by atoms with E-state index >= 15 is 0 Å². The summed E-state index contributed by atoms with van der Waals surface area (Å²) in [5.74, 6) is 0.189. The molecule has 0 heterocycles. The predicted octanol–water partition coefficient (Wildman–Crippen LogP) is 2.12. The first-order chi connectivity index (χ1) is 9.06. The number of carbonyl (C=O) groups excluding carboxylic acids is 1. The maximum absolute atomic E-state index is 12.3. The number of nitrogens with two attached hydrogens (primary N) is 1. The molecular formula is C16H24N2O. The second kappa shape index (κ2) is 5.74. The van der Waals surface area contributed by atoms with Gasteiger partial charge in [-0.15, -0.1) is 0 Å². The van der Waals surface area contributed by atoms with Gasteiger partial charge < -0.3 is 10.6 Å². The van der Waals surface area contributed by atoms with Crippen molar-refractivity contribution in [2.24, 2.45) is 11.1 Å². The summed E-state index contributed by atoms with van der Waals surface area (Å²) in [6, 6.07) is 8.08. The van der Waals surface area contributed by atoms with Crippen LogP contribution in [0.25, 0.3) is 0 Å². The molecule has 0 spiro atoms. The fraction of sp³-hybridized carbons (Fsp3) is 0.562. The van der Waals surface area contributed by atoms with Crippen molar-refractivity contribution in [2.45, 2.75) is 32.6 Å². The minimum absolute atomic E-state index is 0.189. The van der Waals surface area contributed by atoms with Gasteiger partial charge in [-0.2, -0.15) is 0 Å². The van der Waals surface area contributed by atoms with E-state index in [1.165, 1.54) is 12.0 Å². The third-order valence-electron chi connectivity index (χ3n) is 4.45. The smallest absolute Gasteiger partial charge is 0.226 e. The average molecular weight is 260 g/mol. The van der Waals surface area contributed by atoms with Crippen molar-refractivity contribution in [3.63, 3.8) is 0 Å². The summed E-state index contributed by atoms with van der Waals surface area (Å²) < 4.78 is 0. The number of rotatable bonds is 5. The molecule has 2 N–H and O–H groups in total. The van der Waals surface area contributed by atoms with Gasteiger partial charge in [-0.25, -0.2) is 0 Å². The molecule has 1 aliphatic rings. The lowest BCUT2D eigenvalue weighted by atomic mass is 9.68. The Morgan fingerprint density at radius 2 is 2.05 bits per heavy atom. The highest BCUT2D eigenvalue weighted by Crippen LogP contribution is 2.40. The van der Waals surface area contributed by atoms with Crippen LogP contribution in [-0.4, -0.2) is 30.9 Å². The Morgan fingerprint density at radius 1 is 1.37 bits per heavy atom. The molecule has 0 saturated heterocycles. The van der Waals surface area contributed by atoms with Crippen LogP contribution >= 0.6 is 0 Å². The minimum atomic E-state index is 0.189. The van der Waals surface area contributed by atoms with Crippen molar-refractivity contribution in [3.8, 4) is 0 Å². The molecule has 1 aromatic rings. The van der Waals surface area contributed by atoms with Gasteiger partial charge in [0, 0.05) is 19.0 Å². The zero-order valence-electron chi connectivity index (χ0n) is 12.0. The monoisotopic (exact) mass is 260 g/mol. The van der Waals surface area contributed by atoms with Crippen molar-refractivity contribution in [2.75, 3.05) is 20.1 Å². The molecule has 0 aromatic heterocycles. The molecule has 3 heteroatoms. The predicted molar refractivity (Wildman–Crippen MR) is 77.9 cm³/mol. The van der Waals surface area contributed by atoms with E-state index in [2.05, 4.69) is 13.0 Å². The third kappa shape index (κ3) is 3.16. The van der Waals surface area contributed by atoms with Crippen LogP contribution in [0.5, 0.6) is 0 Å². The van der Waals surface area contributed by atoms with Crippen molar-refractivity contribution >= 4 is 5.91 Å². The third-order valence-corrected chi connectivity index (χ3v) is 4.45. The van der Waals surface area contributed by atoms with E-state index < -0.39 is 0 Å². The van der Waals surface area contributed by atoms with Crippen LogP contribution in [0.1, 0.15) is 30.4 Å². The maximum atomic E-state index is 12.3. The zero-order chi connectivity index (χ0) is 13.9. The highest BCUT2D eigenvalue weighted by atomic mass is 16.2. The fourth-order valence-electron chi connectivity index (χ4n) is 2.80. The Bertz CT molecular complexity index is 446. The molecule has 1 fully saturated rings. The van der Waals surface area contributed by atoms with Gasteiger partial charge in [0.1, 0.15) is 0 Å². The highest BCUT2D eigenvalue weighted by molar-refractivity contribution is 5.78. The van der Waals surface area contributed by atoms with Gasteiger partial charge in [0.25, 0.3) is 0 Å². The summed E-state index contributed by atoms with van der Waals surface area (Å²) in [5, 5.41) is 0. The standard InChI is InChI=1S/C16H24N2O/c1-13-6-3-4-7-14(13)10-15(19)18(2)12-16(11-17)8-5-9-16/h3-4,6-7H,5,8-12,17H2,1-2H3. The Hall–Kier alpha value is -1.35. The second-order valence-corrected chi connectivity index (χ2v) is 5.91. The molecule has 104 valence electrons. The largest absolute Gasteiger partial charge is 0.345 e. The molecule has 1 aromatic carbocycles. The first kappa shape index (κ1) is 14.1. The lowest BCUT2D eigenvalue weighted by Gasteiger charge is -2.43. The number of carbonyl (C=O) groups is 1. The average Bonchev–Trinajstić information content (AvgIpc) is 2.36. The molecule has 1 aliphatic carbocycles. The number of benzene rings is 1. The van der Waals surface area contributed by atoms with Gasteiger partial charge in [-0.3, -0.25) is 4.79 Å². The van der Waals surface area contributed by atoms with Crippen LogP contribution in [0.15, 0.2) is 24.3 Å². The summed E-state index contributed by atoms with van der Waals surface area (Å²) in [4.78, 5) is 14.1. The first-order valence-electron chi connectivity index (χ1n) is 7.05. The molecule has 1 saturated carbocycles. The lowest BCUT2D eigenvalue weighted by molar-refractivity contribution is -0.131. The number of likely N-dealkylation sites (N-methyl/N-ethyl adjacent to an activating group) is 1. The van der Waals surface area contributed by atoms with E-state index in [0.29, 0.717) is 13.0 Å². The van der Waals surface area contributed by atoms with Gasteiger partial charge in [0.2, 0.25) is 5.91 Å². The quantitative estimate of drug-likeness (QED) is 0.881. The van der Waals surface area contributed by atoms with E-state index in [9.17, 15) is 4.79 Å². The molecule has 0 bridgehead atoms. The summed E-state index contributed by atoms with van der Waals surface area (Å²) in [5.41, 5.74) is 8.35. The molecule has 0 atom stereocenters. The van der Waals surface area contributed by atoms with Crippen molar-refractivity contribution in [1.82, 2.24) is 4.90 Å². The molecule has 0 radical (unpaired) electrons. The number of hydrogen-bond donors (Lipinski definition) is 1. The van der Waals surface area contributed by atoms with Crippen LogP contribution in [0.3, 0.4) is 0 Å². The number of amides is 1. The molecule has 19 heavy (non-hydrogen) atoms. The Balaban J connectivity index is 1.94. The van der Waals surface area contributed by atoms with Crippen molar-refractivity contribution in [1.29, 1.82) is 0 Å². The van der Waals surface area contributed by atoms with E-state index in [1.807, 2.05) is 30.1 Å². The number of hydrogen-bond acceptors (Lipinski definition) is 2. The summed E-state index contributed by atoms with van der Waals surface area (Å²) in [6.07, 6.45) is 4.05. The van der Waals surface area contributed by atoms with Gasteiger partial charge in [0.15, 0.2) is 0 Å². The van der Waals surface area contributed by atoms with Gasteiger partial charge in [-0.05, 0) is 37.4 Å². The lowest BCUT2D eigenvalue weighted by Crippen LogP contribution is -2.47. The topological polar surface area (TPSA) is 46.3 Å². The first-order valence-corrected chi connectivity index (χ1v) is 7.05. The molecule has 1 amide bonds. The van der Waals surface area contributed by atoms with Crippen LogP contribution in [0, 0.1) is 12.3 Å². The Kier molecular flexibility index (Phi) is 4.25. The molecule has 0 aliphatic heterocycles. The van der Waals surface area contributed by atoms with Crippen molar-refractivity contribution in [3.05, 3.63) is 35.4 Å². The van der Waals surface area contributed by atoms with E-state index in [4.69, 9.17) is 5.73 Å². The number of aryl methyl sites for hydroxylation is 1. The Labute approximate surface area is 115 Å². The molecular weight excluding hydrogens is 236 g/mol. The van der Waals surface area contributed by atoms with E-state index in [-0.39, 0.29) is 11.3 Å². The Morgan fingerprint density at radius 3 is 2.58 bits per heavy atom. The summed E-state index contributed by atoms with van der Waals surface area (Å²) in [7, 11) is 1.90. The van der Waals surface area contributed by atoms with Crippen LogP contribution < -0.4 is 5.73 Å². The van der Waals surface area contributed by atoms with E-state index in [0.717, 1.165) is 24.9 Å². The van der Waals surface area contributed by atoms with Crippen LogP contribution in [0.4, 0.5) is 0 Å². The van der Waals surface area contributed by atoms with Gasteiger partial charge in [0.05, 0.1) is 6.42 Å². The zero-order valence-corrected chi connectivity index (χ0v) is 12.0. The highest BCUT2D eigenvalue weighted by Gasteiger charge is 2.37.